The molecule has 2 aromatic carbocycles. The van der Waals surface area contributed by atoms with Gasteiger partial charge in [0, 0.05) is 17.7 Å². The zero-order chi connectivity index (χ0) is 22.5. The van der Waals surface area contributed by atoms with Gasteiger partial charge in [0.05, 0.1) is 15.8 Å². The molecular weight excluding hydrogens is 440 g/mol. The van der Waals surface area contributed by atoms with Crippen LogP contribution in [0.4, 0.5) is 10.9 Å². The van der Waals surface area contributed by atoms with E-state index in [0.29, 0.717) is 27.0 Å². The Balaban J connectivity index is 1.50. The molecule has 32 heavy (non-hydrogen) atoms. The Kier molecular flexibility index (Phi) is 6.31. The smallest absolute Gasteiger partial charge is 0.226 e. The maximum Gasteiger partial charge on any atom is 0.226 e. The number of aromatic nitrogens is 2. The predicted molar refractivity (Wildman–Crippen MR) is 127 cm³/mol. The number of anilines is 2. The van der Waals surface area contributed by atoms with Crippen molar-refractivity contribution in [2.45, 2.75) is 11.4 Å². The number of nitrogens with two attached hydrogens (primary N) is 1. The summed E-state index contributed by atoms with van der Waals surface area (Å²) >= 11 is 2.67. The van der Waals surface area contributed by atoms with Gasteiger partial charge in [-0.25, -0.2) is 9.97 Å². The molecule has 4 rings (SSSR count). The largest absolute Gasteiger partial charge is 0.383 e. The standard InChI is InChI=1S/C23H16N6OS2/c24-12-15-20(14-6-2-1-3-7-14)16(13-25)22(29-21(15)26)31-11-10-19(30)28-23-27-17-8-4-5-9-18(17)32-23/h1-9H,10-11H2,(H2,26,29)(H,27,28,30). The minimum absolute atomic E-state index is 0.0618. The van der Waals surface area contributed by atoms with Crippen LogP contribution in [0.25, 0.3) is 21.3 Å². The van der Waals surface area contributed by atoms with Crippen molar-refractivity contribution in [3.05, 3.63) is 65.7 Å². The van der Waals surface area contributed by atoms with Crippen LogP contribution in [0.1, 0.15) is 17.5 Å². The first kappa shape index (κ1) is 21.3. The van der Waals surface area contributed by atoms with Crippen LogP contribution in [-0.2, 0) is 4.79 Å². The van der Waals surface area contributed by atoms with Gasteiger partial charge in [0.2, 0.25) is 5.91 Å². The molecule has 2 aromatic heterocycles. The van der Waals surface area contributed by atoms with E-state index < -0.39 is 0 Å². The Morgan fingerprint density at radius 3 is 2.47 bits per heavy atom. The molecule has 3 N–H and O–H groups in total. The van der Waals surface area contributed by atoms with E-state index in [4.69, 9.17) is 5.73 Å². The normalized spacial score (nSPS) is 10.4. The molecule has 0 aliphatic rings. The molecule has 0 aliphatic carbocycles. The van der Waals surface area contributed by atoms with Crippen molar-refractivity contribution in [1.82, 2.24) is 9.97 Å². The second-order valence-electron chi connectivity index (χ2n) is 6.65. The van der Waals surface area contributed by atoms with Crippen LogP contribution in [0.5, 0.6) is 0 Å². The Bertz CT molecular complexity index is 1350. The minimum atomic E-state index is -0.181. The SMILES string of the molecule is N#Cc1c(N)nc(SCCC(=O)Nc2nc3ccccc3s2)c(C#N)c1-c1ccccc1. The van der Waals surface area contributed by atoms with Gasteiger partial charge in [-0.05, 0) is 17.7 Å². The van der Waals surface area contributed by atoms with Crippen molar-refractivity contribution < 1.29 is 4.79 Å². The summed E-state index contributed by atoms with van der Waals surface area (Å²) in [6.07, 6.45) is 0.202. The molecule has 0 spiro atoms. The third-order valence-electron chi connectivity index (χ3n) is 4.59. The summed E-state index contributed by atoms with van der Waals surface area (Å²) in [7, 11) is 0. The van der Waals surface area contributed by atoms with Crippen molar-refractivity contribution in [3.8, 4) is 23.3 Å². The fraction of sp³-hybridized carbons (Fsp3) is 0.0870. The number of carbonyl (C=O) groups is 1. The number of carbonyl (C=O) groups excluding carboxylic acids is 1. The number of nitrogens with zero attached hydrogens (tertiary/aromatic N) is 4. The van der Waals surface area contributed by atoms with E-state index in [1.54, 1.807) is 0 Å². The van der Waals surface area contributed by atoms with Crippen molar-refractivity contribution in [2.75, 3.05) is 16.8 Å². The van der Waals surface area contributed by atoms with E-state index in [2.05, 4.69) is 27.4 Å². The van der Waals surface area contributed by atoms with Crippen LogP contribution in [0.2, 0.25) is 0 Å². The number of pyridine rings is 1. The lowest BCUT2D eigenvalue weighted by atomic mass is 9.97. The van der Waals surface area contributed by atoms with E-state index in [9.17, 15) is 15.3 Å². The molecule has 0 unspecified atom stereocenters. The number of nitrogen functional groups attached to an aromatic ring is 1. The molecule has 0 fully saturated rings. The molecule has 9 heteroatoms. The second-order valence-corrected chi connectivity index (χ2v) is 8.76. The number of amides is 1. The van der Waals surface area contributed by atoms with E-state index in [1.807, 2.05) is 54.6 Å². The van der Waals surface area contributed by atoms with Gasteiger partial charge in [-0.2, -0.15) is 10.5 Å². The zero-order valence-corrected chi connectivity index (χ0v) is 18.3. The number of hydrogen-bond donors (Lipinski definition) is 2. The van der Waals surface area contributed by atoms with E-state index in [1.165, 1.54) is 23.1 Å². The van der Waals surface area contributed by atoms with Crippen molar-refractivity contribution in [3.63, 3.8) is 0 Å². The van der Waals surface area contributed by atoms with Crippen molar-refractivity contribution in [1.29, 1.82) is 10.5 Å². The fourth-order valence-corrected chi connectivity index (χ4v) is 4.96. The van der Waals surface area contributed by atoms with Crippen LogP contribution < -0.4 is 11.1 Å². The molecule has 0 bridgehead atoms. The van der Waals surface area contributed by atoms with E-state index in [0.717, 1.165) is 10.2 Å². The first-order chi connectivity index (χ1) is 15.6. The molecule has 0 saturated carbocycles. The third-order valence-corrected chi connectivity index (χ3v) is 6.52. The van der Waals surface area contributed by atoms with Crippen molar-refractivity contribution >= 4 is 50.2 Å². The van der Waals surface area contributed by atoms with Gasteiger partial charge in [-0.15, -0.1) is 11.8 Å². The highest BCUT2D eigenvalue weighted by atomic mass is 32.2. The Morgan fingerprint density at radius 1 is 1.03 bits per heavy atom. The lowest BCUT2D eigenvalue weighted by Gasteiger charge is -2.12. The predicted octanol–water partition coefficient (Wildman–Crippen LogP) is 4.80. The topological polar surface area (TPSA) is 128 Å². The monoisotopic (exact) mass is 456 g/mol. The minimum Gasteiger partial charge on any atom is -0.383 e. The first-order valence-corrected chi connectivity index (χ1v) is 11.4. The number of rotatable bonds is 6. The van der Waals surface area contributed by atoms with Gasteiger partial charge in [0.25, 0.3) is 0 Å². The molecule has 156 valence electrons. The number of thiazole rings is 1. The number of nitriles is 2. The van der Waals surface area contributed by atoms with Gasteiger partial charge in [-0.3, -0.25) is 4.79 Å². The number of hydrogen-bond acceptors (Lipinski definition) is 8. The van der Waals surface area contributed by atoms with Gasteiger partial charge >= 0.3 is 0 Å². The van der Waals surface area contributed by atoms with Crippen LogP contribution in [0, 0.1) is 22.7 Å². The molecule has 0 aliphatic heterocycles. The summed E-state index contributed by atoms with van der Waals surface area (Å²) in [5, 5.41) is 23.1. The molecule has 4 aromatic rings. The highest BCUT2D eigenvalue weighted by molar-refractivity contribution is 7.99. The average Bonchev–Trinajstić information content (AvgIpc) is 3.21. The van der Waals surface area contributed by atoms with E-state index >= 15 is 0 Å². The molecular formula is C23H16N6OS2. The number of benzene rings is 2. The number of thioether (sulfide) groups is 1. The van der Waals surface area contributed by atoms with Gasteiger partial charge < -0.3 is 11.1 Å². The molecule has 0 saturated heterocycles. The highest BCUT2D eigenvalue weighted by Gasteiger charge is 2.20. The molecule has 0 atom stereocenters. The van der Waals surface area contributed by atoms with Crippen LogP contribution in [0.15, 0.2) is 59.6 Å². The Hall–Kier alpha value is -3.92. The average molecular weight is 457 g/mol. The van der Waals surface area contributed by atoms with Gasteiger partial charge in [0.15, 0.2) is 5.13 Å². The van der Waals surface area contributed by atoms with Crippen LogP contribution >= 0.6 is 23.1 Å². The number of fused-ring (bicyclic) bond motifs is 1. The second kappa shape index (κ2) is 9.48. The third kappa shape index (κ3) is 4.40. The Morgan fingerprint density at radius 2 is 1.75 bits per heavy atom. The van der Waals surface area contributed by atoms with Crippen LogP contribution in [-0.4, -0.2) is 21.6 Å². The maximum atomic E-state index is 12.4. The maximum absolute atomic E-state index is 12.4. The summed E-state index contributed by atoms with van der Waals surface area (Å²) in [6, 6.07) is 21.0. The molecule has 7 nitrogen and oxygen atoms in total. The summed E-state index contributed by atoms with van der Waals surface area (Å²) in [5.74, 6) is 0.268. The molecule has 1 amide bonds. The van der Waals surface area contributed by atoms with E-state index in [-0.39, 0.29) is 29.3 Å². The summed E-state index contributed by atoms with van der Waals surface area (Å²) in [6.45, 7) is 0. The summed E-state index contributed by atoms with van der Waals surface area (Å²) in [5.41, 5.74) is 8.49. The highest BCUT2D eigenvalue weighted by Crippen LogP contribution is 2.35. The number of para-hydroxylation sites is 1. The lowest BCUT2D eigenvalue weighted by molar-refractivity contribution is -0.115. The van der Waals surface area contributed by atoms with Crippen molar-refractivity contribution in [2.24, 2.45) is 0 Å². The lowest BCUT2D eigenvalue weighted by Crippen LogP contribution is -2.12. The first-order valence-electron chi connectivity index (χ1n) is 9.58. The summed E-state index contributed by atoms with van der Waals surface area (Å²) < 4.78 is 1.00. The van der Waals surface area contributed by atoms with Gasteiger partial charge in [-0.1, -0.05) is 53.8 Å². The van der Waals surface area contributed by atoms with Gasteiger partial charge in [0.1, 0.15) is 28.5 Å². The molecule has 2 heterocycles. The Labute approximate surface area is 192 Å². The van der Waals surface area contributed by atoms with Crippen LogP contribution in [0.3, 0.4) is 0 Å². The zero-order valence-electron chi connectivity index (χ0n) is 16.7. The molecule has 0 radical (unpaired) electrons. The summed E-state index contributed by atoms with van der Waals surface area (Å²) in [4.78, 5) is 21.0. The fourth-order valence-electron chi connectivity index (χ4n) is 3.14. The number of nitrogens with one attached hydrogen (secondary N) is 1. The quantitative estimate of drug-likeness (QED) is 0.399.